The first-order valence-corrected chi connectivity index (χ1v) is 15.2. The molecule has 1 amide bonds. The molecule has 0 aliphatic carbocycles. The van der Waals surface area contributed by atoms with Crippen LogP contribution in [0.25, 0.3) is 5.76 Å². The van der Waals surface area contributed by atoms with E-state index in [1.165, 1.54) is 0 Å². The fourth-order valence-electron chi connectivity index (χ4n) is 4.88. The van der Waals surface area contributed by atoms with E-state index in [0.717, 1.165) is 21.5 Å². The predicted molar refractivity (Wildman–Crippen MR) is 172 cm³/mol. The van der Waals surface area contributed by atoms with Crippen molar-refractivity contribution in [1.29, 1.82) is 0 Å². The van der Waals surface area contributed by atoms with Crippen molar-refractivity contribution in [2.75, 3.05) is 0 Å². The number of hydrogen-bond donors (Lipinski definition) is 2. The van der Waals surface area contributed by atoms with Crippen LogP contribution in [0.15, 0.2) is 151 Å². The molecule has 3 nitrogen and oxygen atoms in total. The molecule has 0 heterocycles. The molecule has 0 saturated carbocycles. The molecule has 0 aromatic heterocycles. The Balaban J connectivity index is 1.83. The zero-order valence-corrected chi connectivity index (χ0v) is 23.8. The summed E-state index contributed by atoms with van der Waals surface area (Å²) in [6, 6.07) is 47.1. The molecule has 5 heteroatoms. The van der Waals surface area contributed by atoms with Crippen LogP contribution in [0.2, 0.25) is 0 Å². The summed E-state index contributed by atoms with van der Waals surface area (Å²) in [5.74, 6) is -0.282. The fraction of sp³-hybridized carbons (Fsp3) is 0.0286. The summed E-state index contributed by atoms with van der Waals surface area (Å²) < 4.78 is 0. The monoisotopic (exact) mass is 558 g/mol. The van der Waals surface area contributed by atoms with Gasteiger partial charge < -0.3 is 10.4 Å². The molecule has 196 valence electrons. The third-order valence-electron chi connectivity index (χ3n) is 6.79. The van der Waals surface area contributed by atoms with Crippen LogP contribution in [0.3, 0.4) is 0 Å². The van der Waals surface area contributed by atoms with Crippen LogP contribution in [-0.2, 0) is 0 Å². The summed E-state index contributed by atoms with van der Waals surface area (Å²) in [4.78, 5) is 13.7. The molecule has 0 saturated heterocycles. The molecule has 0 spiro atoms. The summed E-state index contributed by atoms with van der Waals surface area (Å²) >= 11 is 6.08. The summed E-state index contributed by atoms with van der Waals surface area (Å²) in [7, 11) is -2.82. The van der Waals surface area contributed by atoms with Gasteiger partial charge in [-0.1, -0.05) is 115 Å². The predicted octanol–water partition coefficient (Wildman–Crippen LogP) is 6.97. The molecule has 0 atom stereocenters. The van der Waals surface area contributed by atoms with E-state index in [-0.39, 0.29) is 16.7 Å². The summed E-state index contributed by atoms with van der Waals surface area (Å²) in [5.41, 5.74) is 2.18. The van der Waals surface area contributed by atoms with Gasteiger partial charge in [0.15, 0.2) is 23.3 Å². The molecule has 0 aliphatic rings. The number of aryl methyl sites for hydroxylation is 1. The number of amides is 1. The Morgan fingerprint density at radius 3 is 1.43 bits per heavy atom. The topological polar surface area (TPSA) is 49.3 Å². The highest BCUT2D eigenvalue weighted by Crippen LogP contribution is 2.64. The lowest BCUT2D eigenvalue weighted by atomic mass is 10.1. The van der Waals surface area contributed by atoms with Crippen LogP contribution < -0.4 is 21.2 Å². The van der Waals surface area contributed by atoms with Gasteiger partial charge in [0, 0.05) is 11.1 Å². The van der Waals surface area contributed by atoms with E-state index in [9.17, 15) is 9.90 Å². The van der Waals surface area contributed by atoms with Gasteiger partial charge in [0.1, 0.15) is 15.9 Å². The van der Waals surface area contributed by atoms with E-state index >= 15 is 0 Å². The van der Waals surface area contributed by atoms with E-state index in [1.807, 2.05) is 104 Å². The highest BCUT2D eigenvalue weighted by atomic mass is 32.1. The maximum Gasteiger partial charge on any atom is 0.256 e. The van der Waals surface area contributed by atoms with Gasteiger partial charge in [0.2, 0.25) is 0 Å². The van der Waals surface area contributed by atoms with E-state index in [1.54, 1.807) is 12.1 Å². The minimum absolute atomic E-state index is 0.0414. The van der Waals surface area contributed by atoms with Crippen LogP contribution in [0.1, 0.15) is 21.5 Å². The van der Waals surface area contributed by atoms with E-state index in [2.05, 4.69) is 41.7 Å². The zero-order chi connectivity index (χ0) is 28.0. The average molecular weight is 559 g/mol. The van der Waals surface area contributed by atoms with Gasteiger partial charge in [-0.15, -0.1) is 0 Å². The van der Waals surface area contributed by atoms with Gasteiger partial charge in [0.25, 0.3) is 5.91 Å². The van der Waals surface area contributed by atoms with Crippen molar-refractivity contribution < 1.29 is 9.90 Å². The molecule has 40 heavy (non-hydrogen) atoms. The van der Waals surface area contributed by atoms with E-state index in [0.29, 0.717) is 16.4 Å². The first-order chi connectivity index (χ1) is 19.5. The number of aliphatic hydroxyl groups excluding tert-OH is 1. The summed E-state index contributed by atoms with van der Waals surface area (Å²) in [5, 5.41) is 18.7. The largest absolute Gasteiger partial charge is 0.504 e. The van der Waals surface area contributed by atoms with Crippen LogP contribution in [-0.4, -0.2) is 16.0 Å². The number of nitrogens with one attached hydrogen (secondary N) is 1. The van der Waals surface area contributed by atoms with E-state index < -0.39 is 7.26 Å². The van der Waals surface area contributed by atoms with Crippen LogP contribution in [0.5, 0.6) is 0 Å². The Labute approximate surface area is 241 Å². The van der Waals surface area contributed by atoms with Gasteiger partial charge in [-0.05, 0) is 55.5 Å². The molecule has 0 fully saturated rings. The van der Waals surface area contributed by atoms with Gasteiger partial charge in [-0.3, -0.25) is 4.79 Å². The van der Waals surface area contributed by atoms with Crippen molar-refractivity contribution in [3.8, 4) is 0 Å². The Morgan fingerprint density at radius 1 is 0.600 bits per heavy atom. The Hall–Kier alpha value is -4.37. The van der Waals surface area contributed by atoms with Crippen LogP contribution >= 0.6 is 19.5 Å². The highest BCUT2D eigenvalue weighted by Gasteiger charge is 2.53. The van der Waals surface area contributed by atoms with Crippen molar-refractivity contribution in [3.63, 3.8) is 0 Å². The Morgan fingerprint density at radius 2 is 1.00 bits per heavy atom. The van der Waals surface area contributed by atoms with Crippen molar-refractivity contribution in [2.24, 2.45) is 0 Å². The third kappa shape index (κ3) is 5.37. The molecule has 2 N–H and O–H groups in total. The highest BCUT2D eigenvalue weighted by molar-refractivity contribution is 8.01. The molecular weight excluding hydrogens is 529 g/mol. The molecule has 0 bridgehead atoms. The lowest BCUT2D eigenvalue weighted by Gasteiger charge is -2.30. The molecule has 0 unspecified atom stereocenters. The molecule has 0 aliphatic heterocycles. The number of benzene rings is 5. The minimum atomic E-state index is -2.82. The molecule has 5 rings (SSSR count). The van der Waals surface area contributed by atoms with Gasteiger partial charge in [0.05, 0.1) is 0 Å². The fourth-order valence-corrected chi connectivity index (χ4v) is 9.81. The van der Waals surface area contributed by atoms with Crippen molar-refractivity contribution in [1.82, 2.24) is 5.32 Å². The lowest BCUT2D eigenvalue weighted by Crippen LogP contribution is -2.39. The summed E-state index contributed by atoms with van der Waals surface area (Å²) in [6.07, 6.45) is 0. The number of carbonyl (C=O) groups is 1. The minimum Gasteiger partial charge on any atom is -0.504 e. The molecule has 0 radical (unpaired) electrons. The molecular formula is C35H29NO2PS+. The average Bonchev–Trinajstić information content (AvgIpc) is 3.01. The maximum atomic E-state index is 13.5. The number of carbonyl (C=O) groups excluding carboxylic acids is 1. The number of hydrogen-bond acceptors (Lipinski definition) is 3. The second kappa shape index (κ2) is 12.2. The standard InChI is InChI=1S/C35H28NO2PS/c1-26-22-24-28(25-23-26)34(38)36-35(40)33(32(37)27-14-6-2-7-15-27)39(29-16-8-3-9-17-29,30-18-10-4-11-19-30)31-20-12-5-13-21-31/h2-25H,1H3,(H-,36,37,38,40)/p+1. The number of aliphatic hydroxyl groups is 1. The van der Waals surface area contributed by atoms with Crippen molar-refractivity contribution >= 4 is 52.0 Å². The third-order valence-corrected chi connectivity index (χ3v) is 11.6. The summed E-state index contributed by atoms with van der Waals surface area (Å²) in [6.45, 7) is 1.98. The van der Waals surface area contributed by atoms with Crippen LogP contribution in [0, 0.1) is 6.92 Å². The Bertz CT molecular complexity index is 1540. The zero-order valence-electron chi connectivity index (χ0n) is 22.1. The van der Waals surface area contributed by atoms with Gasteiger partial charge >= 0.3 is 0 Å². The first kappa shape index (κ1) is 27.2. The quantitative estimate of drug-likeness (QED) is 0.0982. The second-order valence-electron chi connectivity index (χ2n) is 9.39. The maximum absolute atomic E-state index is 13.5. The normalized spacial score (nSPS) is 11.8. The van der Waals surface area contributed by atoms with Crippen molar-refractivity contribution in [2.45, 2.75) is 6.92 Å². The van der Waals surface area contributed by atoms with Crippen molar-refractivity contribution in [3.05, 3.63) is 168 Å². The SMILES string of the molecule is Cc1ccc(C(=O)NC(=S)/C(=C(/O)c2ccccc2)[P+](c2ccccc2)(c2ccccc2)c2ccccc2)cc1. The van der Waals surface area contributed by atoms with E-state index in [4.69, 9.17) is 12.2 Å². The Kier molecular flexibility index (Phi) is 8.31. The smallest absolute Gasteiger partial charge is 0.256 e. The number of rotatable bonds is 7. The second-order valence-corrected chi connectivity index (χ2v) is 13.1. The molecule has 5 aromatic rings. The van der Waals surface area contributed by atoms with Gasteiger partial charge in [-0.2, -0.15) is 0 Å². The van der Waals surface area contributed by atoms with Gasteiger partial charge in [-0.25, -0.2) is 0 Å². The molecule has 5 aromatic carbocycles. The lowest BCUT2D eigenvalue weighted by molar-refractivity contribution is 0.0978. The first-order valence-electron chi connectivity index (χ1n) is 13.0. The number of thiocarbonyl (C=S) groups is 1. The van der Waals surface area contributed by atoms with Crippen LogP contribution in [0.4, 0.5) is 0 Å².